The van der Waals surface area contributed by atoms with Crippen molar-refractivity contribution in [3.63, 3.8) is 0 Å². The van der Waals surface area contributed by atoms with Crippen molar-refractivity contribution in [2.75, 3.05) is 0 Å². The zero-order valence-corrected chi connectivity index (χ0v) is 5.61. The van der Waals surface area contributed by atoms with Crippen LogP contribution >= 0.6 is 0 Å². The van der Waals surface area contributed by atoms with Crippen LogP contribution in [-0.4, -0.2) is 4.98 Å². The monoisotopic (exact) mass is 144 g/mol. The van der Waals surface area contributed by atoms with E-state index in [9.17, 15) is 0 Å². The van der Waals surface area contributed by atoms with Gasteiger partial charge in [-0.25, -0.2) is 0 Å². The fourth-order valence-electron chi connectivity index (χ4n) is 0.925. The van der Waals surface area contributed by atoms with Crippen LogP contribution in [0.15, 0.2) is 28.8 Å². The number of rotatable bonds is 0. The van der Waals surface area contributed by atoms with E-state index >= 15 is 0 Å². The molecule has 0 saturated heterocycles. The van der Waals surface area contributed by atoms with Crippen molar-refractivity contribution < 1.29 is 4.42 Å². The zero-order valence-electron chi connectivity index (χ0n) is 5.61. The summed E-state index contributed by atoms with van der Waals surface area (Å²) >= 11 is 0. The lowest BCUT2D eigenvalue weighted by Gasteiger charge is -1.81. The number of nitrogens with zero attached hydrogens (tertiary/aromatic N) is 2. The molecule has 0 radical (unpaired) electrons. The fourth-order valence-corrected chi connectivity index (χ4v) is 0.925. The van der Waals surface area contributed by atoms with E-state index in [4.69, 9.17) is 9.68 Å². The van der Waals surface area contributed by atoms with Gasteiger partial charge < -0.3 is 4.42 Å². The summed E-state index contributed by atoms with van der Waals surface area (Å²) in [6.45, 7) is 0. The summed E-state index contributed by atoms with van der Waals surface area (Å²) in [5.41, 5.74) is 1.38. The molecule has 0 aliphatic carbocycles. The van der Waals surface area contributed by atoms with Gasteiger partial charge in [-0.3, -0.25) is 4.98 Å². The second kappa shape index (κ2) is 2.10. The largest absolute Gasteiger partial charge is 0.444 e. The van der Waals surface area contributed by atoms with Crippen molar-refractivity contribution in [2.45, 2.75) is 0 Å². The average molecular weight is 144 g/mol. The van der Waals surface area contributed by atoms with Gasteiger partial charge >= 0.3 is 0 Å². The molecule has 0 unspecified atom stereocenters. The Hall–Kier alpha value is -1.82. The number of furan rings is 1. The Morgan fingerprint density at radius 1 is 1.55 bits per heavy atom. The van der Waals surface area contributed by atoms with Crippen molar-refractivity contribution in [3.8, 4) is 6.07 Å². The Labute approximate surface area is 62.9 Å². The molecule has 11 heavy (non-hydrogen) atoms. The highest BCUT2D eigenvalue weighted by Gasteiger charge is 2.00. The third-order valence-corrected chi connectivity index (χ3v) is 1.40. The molecule has 0 N–H and O–H groups in total. The van der Waals surface area contributed by atoms with E-state index < -0.39 is 0 Å². The van der Waals surface area contributed by atoms with Crippen LogP contribution in [0.4, 0.5) is 0 Å². The summed E-state index contributed by atoms with van der Waals surface area (Å²) < 4.78 is 5.09. The maximum atomic E-state index is 8.47. The number of nitriles is 1. The summed E-state index contributed by atoms with van der Waals surface area (Å²) in [5, 5.41) is 8.47. The van der Waals surface area contributed by atoms with Gasteiger partial charge in [-0.05, 0) is 12.1 Å². The third kappa shape index (κ3) is 0.849. The van der Waals surface area contributed by atoms with E-state index in [-0.39, 0.29) is 0 Å². The Morgan fingerprint density at radius 3 is 3.18 bits per heavy atom. The van der Waals surface area contributed by atoms with Crippen LogP contribution in [0.1, 0.15) is 5.76 Å². The van der Waals surface area contributed by atoms with E-state index in [1.807, 2.05) is 6.07 Å². The summed E-state index contributed by atoms with van der Waals surface area (Å²) in [4.78, 5) is 4.00. The van der Waals surface area contributed by atoms with E-state index in [2.05, 4.69) is 4.98 Å². The molecule has 0 atom stereocenters. The van der Waals surface area contributed by atoms with E-state index in [1.54, 1.807) is 24.4 Å². The normalized spacial score (nSPS) is 9.73. The molecule has 52 valence electrons. The van der Waals surface area contributed by atoms with Gasteiger partial charge in [-0.15, -0.1) is 0 Å². The molecule has 0 aliphatic rings. The van der Waals surface area contributed by atoms with Gasteiger partial charge in [0, 0.05) is 12.3 Å². The van der Waals surface area contributed by atoms with Crippen LogP contribution in [0.25, 0.3) is 11.1 Å². The maximum Gasteiger partial charge on any atom is 0.206 e. The Morgan fingerprint density at radius 2 is 2.45 bits per heavy atom. The highest BCUT2D eigenvalue weighted by molar-refractivity contribution is 5.73. The lowest BCUT2D eigenvalue weighted by atomic mass is 10.4. The quantitative estimate of drug-likeness (QED) is 0.565. The predicted octanol–water partition coefficient (Wildman–Crippen LogP) is 1.70. The fraction of sp³-hybridized carbons (Fsp3) is 0. The molecule has 0 aliphatic heterocycles. The van der Waals surface area contributed by atoms with Crippen LogP contribution < -0.4 is 0 Å². The molecule has 0 bridgehead atoms. The number of fused-ring (bicyclic) bond motifs is 1. The Kier molecular flexibility index (Phi) is 1.13. The first-order chi connectivity index (χ1) is 5.40. The first-order valence-corrected chi connectivity index (χ1v) is 3.15. The molecular formula is C8H4N2O. The summed E-state index contributed by atoms with van der Waals surface area (Å²) in [6.07, 6.45) is 1.67. The second-order valence-electron chi connectivity index (χ2n) is 2.11. The minimum absolute atomic E-state index is 0.304. The minimum Gasteiger partial charge on any atom is -0.444 e. The summed E-state index contributed by atoms with van der Waals surface area (Å²) in [7, 11) is 0. The molecule has 3 heteroatoms. The minimum atomic E-state index is 0.304. The topological polar surface area (TPSA) is 49.8 Å². The van der Waals surface area contributed by atoms with Crippen LogP contribution in [0.5, 0.6) is 0 Å². The van der Waals surface area contributed by atoms with E-state index in [0.717, 1.165) is 5.52 Å². The van der Waals surface area contributed by atoms with Gasteiger partial charge in [-0.2, -0.15) is 5.26 Å². The van der Waals surface area contributed by atoms with Gasteiger partial charge in [0.2, 0.25) is 5.76 Å². The van der Waals surface area contributed by atoms with Crippen LogP contribution in [0.2, 0.25) is 0 Å². The number of aromatic nitrogens is 1. The first-order valence-electron chi connectivity index (χ1n) is 3.15. The molecule has 2 aromatic rings. The highest BCUT2D eigenvalue weighted by atomic mass is 16.3. The lowest BCUT2D eigenvalue weighted by molar-refractivity contribution is 0.599. The zero-order chi connectivity index (χ0) is 7.68. The number of pyridine rings is 1. The average Bonchev–Trinajstić information content (AvgIpc) is 2.46. The third-order valence-electron chi connectivity index (χ3n) is 1.40. The maximum absolute atomic E-state index is 8.47. The van der Waals surface area contributed by atoms with Crippen LogP contribution in [0, 0.1) is 11.3 Å². The molecule has 3 nitrogen and oxygen atoms in total. The molecule has 0 spiro atoms. The standard InChI is InChI=1S/C8H4N2O/c9-5-6-4-7-8(11-6)2-1-3-10-7/h1-4H. The smallest absolute Gasteiger partial charge is 0.206 e. The highest BCUT2D eigenvalue weighted by Crippen LogP contribution is 2.14. The summed E-state index contributed by atoms with van der Waals surface area (Å²) in [5.74, 6) is 0.304. The van der Waals surface area contributed by atoms with Crippen molar-refractivity contribution in [1.29, 1.82) is 5.26 Å². The molecule has 0 fully saturated rings. The number of hydrogen-bond donors (Lipinski definition) is 0. The Bertz CT molecular complexity index is 392. The van der Waals surface area contributed by atoms with Gasteiger partial charge in [-0.1, -0.05) is 0 Å². The summed E-state index contributed by atoms with van der Waals surface area (Å²) in [6, 6.07) is 7.08. The van der Waals surface area contributed by atoms with Gasteiger partial charge in [0.25, 0.3) is 0 Å². The second-order valence-corrected chi connectivity index (χ2v) is 2.11. The SMILES string of the molecule is N#Cc1cc2ncccc2o1. The number of hydrogen-bond acceptors (Lipinski definition) is 3. The lowest BCUT2D eigenvalue weighted by Crippen LogP contribution is -1.66. The van der Waals surface area contributed by atoms with Crippen LogP contribution in [0.3, 0.4) is 0 Å². The molecule has 2 heterocycles. The van der Waals surface area contributed by atoms with Crippen molar-refractivity contribution in [3.05, 3.63) is 30.2 Å². The van der Waals surface area contributed by atoms with Gasteiger partial charge in [0.05, 0.1) is 0 Å². The first kappa shape index (κ1) is 5.93. The van der Waals surface area contributed by atoms with E-state index in [1.165, 1.54) is 0 Å². The molecule has 0 amide bonds. The molecule has 0 aromatic carbocycles. The van der Waals surface area contributed by atoms with Gasteiger partial charge in [0.1, 0.15) is 11.6 Å². The van der Waals surface area contributed by atoms with Gasteiger partial charge in [0.15, 0.2) is 5.58 Å². The predicted molar refractivity (Wildman–Crippen MR) is 38.7 cm³/mol. The van der Waals surface area contributed by atoms with Crippen molar-refractivity contribution in [2.24, 2.45) is 0 Å². The van der Waals surface area contributed by atoms with Crippen molar-refractivity contribution in [1.82, 2.24) is 4.98 Å². The molecule has 2 aromatic heterocycles. The van der Waals surface area contributed by atoms with Crippen molar-refractivity contribution >= 4 is 11.1 Å². The molecule has 0 saturated carbocycles. The molecule has 2 rings (SSSR count). The van der Waals surface area contributed by atoms with Crippen LogP contribution in [-0.2, 0) is 0 Å². The Balaban J connectivity index is 2.81. The van der Waals surface area contributed by atoms with E-state index in [0.29, 0.717) is 11.3 Å². The molecular weight excluding hydrogens is 140 g/mol.